The molecular formula is C22H26N6. The summed E-state index contributed by atoms with van der Waals surface area (Å²) in [5, 5.41) is 10.5. The summed E-state index contributed by atoms with van der Waals surface area (Å²) in [6.45, 7) is 8.13. The molecule has 4 N–H and O–H groups in total. The molecule has 2 aromatic rings. The maximum absolute atomic E-state index is 6.29. The van der Waals surface area contributed by atoms with Crippen LogP contribution in [0.5, 0.6) is 0 Å². The molecule has 0 aliphatic heterocycles. The molecule has 0 fully saturated rings. The number of nitrogen functional groups attached to an aromatic ring is 1. The van der Waals surface area contributed by atoms with E-state index in [9.17, 15) is 0 Å². The van der Waals surface area contributed by atoms with Crippen molar-refractivity contribution >= 4 is 23.3 Å². The second-order valence-electron chi connectivity index (χ2n) is 6.59. The standard InChI is InChI=1S/C22H26N6/c1-4-16-9-8-12-18(13-16)15(3)26-22-19(5-2)20(23)27-21(28-25-14-24-22)17-10-6-7-11-17/h5-10,12-15H,2,4,11,23H2,1,3H3,(H,27,28)(H,24,25,26). The fourth-order valence-electron chi connectivity index (χ4n) is 3.03. The highest BCUT2D eigenvalue weighted by Crippen LogP contribution is 2.25. The summed E-state index contributed by atoms with van der Waals surface area (Å²) in [5.41, 5.74) is 10.4. The number of aromatic amines is 1. The van der Waals surface area contributed by atoms with Crippen LogP contribution in [0.4, 0.5) is 11.6 Å². The van der Waals surface area contributed by atoms with Gasteiger partial charge < -0.3 is 11.1 Å². The van der Waals surface area contributed by atoms with Crippen LogP contribution in [-0.4, -0.2) is 20.2 Å². The molecule has 0 spiro atoms. The third kappa shape index (κ3) is 4.46. The zero-order chi connectivity index (χ0) is 19.9. The molecule has 6 heteroatoms. The van der Waals surface area contributed by atoms with Gasteiger partial charge in [-0.2, -0.15) is 5.10 Å². The number of nitrogens with zero attached hydrogens (tertiary/aromatic N) is 3. The zero-order valence-corrected chi connectivity index (χ0v) is 16.3. The minimum Gasteiger partial charge on any atom is -0.383 e. The van der Waals surface area contributed by atoms with E-state index in [1.54, 1.807) is 6.08 Å². The molecule has 1 atom stereocenters. The smallest absolute Gasteiger partial charge is 0.152 e. The molecule has 1 heterocycles. The Hall–Kier alpha value is -3.41. The Bertz CT molecular complexity index is 969. The first kappa shape index (κ1) is 19.4. The molecule has 0 saturated carbocycles. The highest BCUT2D eigenvalue weighted by atomic mass is 15.2. The number of hydrogen-bond acceptors (Lipinski definition) is 5. The van der Waals surface area contributed by atoms with E-state index in [4.69, 9.17) is 5.73 Å². The summed E-state index contributed by atoms with van der Waals surface area (Å²) in [6, 6.07) is 8.52. The lowest BCUT2D eigenvalue weighted by molar-refractivity contribution is 0.867. The molecule has 28 heavy (non-hydrogen) atoms. The summed E-state index contributed by atoms with van der Waals surface area (Å²) in [4.78, 5) is 8.99. The lowest BCUT2D eigenvalue weighted by Gasteiger charge is -2.17. The van der Waals surface area contributed by atoms with Gasteiger partial charge in [-0.25, -0.2) is 9.97 Å². The Balaban J connectivity index is 2.00. The summed E-state index contributed by atoms with van der Waals surface area (Å²) in [5.74, 6) is 1.52. The van der Waals surface area contributed by atoms with Crippen molar-refractivity contribution in [2.75, 3.05) is 11.1 Å². The normalized spacial score (nSPS) is 13.6. The summed E-state index contributed by atoms with van der Waals surface area (Å²) in [7, 11) is 0. The topological polar surface area (TPSA) is 92.5 Å². The first-order valence-electron chi connectivity index (χ1n) is 9.40. The minimum absolute atomic E-state index is 0.0281. The van der Waals surface area contributed by atoms with Crippen LogP contribution in [0.15, 0.2) is 55.4 Å². The van der Waals surface area contributed by atoms with Gasteiger partial charge in [-0.1, -0.05) is 62.1 Å². The number of aryl methyl sites for hydroxylation is 1. The molecule has 0 radical (unpaired) electrons. The quantitative estimate of drug-likeness (QED) is 0.686. The van der Waals surface area contributed by atoms with Crippen molar-refractivity contribution < 1.29 is 0 Å². The monoisotopic (exact) mass is 374 g/mol. The third-order valence-corrected chi connectivity index (χ3v) is 4.67. The van der Waals surface area contributed by atoms with E-state index in [2.05, 4.69) is 76.3 Å². The molecule has 1 aliphatic rings. The fraction of sp³-hybridized carbons (Fsp3) is 0.227. The molecule has 0 saturated heterocycles. The van der Waals surface area contributed by atoms with Crippen molar-refractivity contribution in [2.24, 2.45) is 0 Å². The number of H-pyrrole nitrogens is 1. The summed E-state index contributed by atoms with van der Waals surface area (Å²) >= 11 is 0. The molecule has 1 aromatic heterocycles. The molecule has 0 bridgehead atoms. The number of anilines is 2. The Morgan fingerprint density at radius 3 is 2.96 bits per heavy atom. The van der Waals surface area contributed by atoms with E-state index in [0.29, 0.717) is 23.0 Å². The third-order valence-electron chi connectivity index (χ3n) is 4.67. The van der Waals surface area contributed by atoms with E-state index in [0.717, 1.165) is 18.4 Å². The molecule has 1 unspecified atom stereocenters. The van der Waals surface area contributed by atoms with Crippen LogP contribution in [0.1, 0.15) is 48.8 Å². The maximum Gasteiger partial charge on any atom is 0.152 e. The minimum atomic E-state index is 0.0281. The van der Waals surface area contributed by atoms with E-state index >= 15 is 0 Å². The number of hydrogen-bond donors (Lipinski definition) is 3. The van der Waals surface area contributed by atoms with Gasteiger partial charge in [-0.05, 0) is 30.9 Å². The van der Waals surface area contributed by atoms with Gasteiger partial charge in [0.15, 0.2) is 5.82 Å². The predicted molar refractivity (Wildman–Crippen MR) is 116 cm³/mol. The van der Waals surface area contributed by atoms with Gasteiger partial charge >= 0.3 is 0 Å². The fourth-order valence-corrected chi connectivity index (χ4v) is 3.03. The summed E-state index contributed by atoms with van der Waals surface area (Å²) in [6.07, 6.45) is 10.9. The number of aromatic nitrogens is 4. The zero-order valence-electron chi connectivity index (χ0n) is 16.3. The second kappa shape index (κ2) is 8.99. The number of rotatable bonds is 6. The van der Waals surface area contributed by atoms with Crippen LogP contribution in [0, 0.1) is 0 Å². The molecule has 3 rings (SSSR count). The van der Waals surface area contributed by atoms with E-state index < -0.39 is 0 Å². The average molecular weight is 374 g/mol. The molecule has 1 aromatic carbocycles. The number of allylic oxidation sites excluding steroid dienone is 4. The van der Waals surface area contributed by atoms with Crippen LogP contribution in [-0.2, 0) is 6.42 Å². The van der Waals surface area contributed by atoms with Gasteiger partial charge in [-0.15, -0.1) is 0 Å². The van der Waals surface area contributed by atoms with Gasteiger partial charge in [0.25, 0.3) is 0 Å². The Morgan fingerprint density at radius 1 is 1.39 bits per heavy atom. The van der Waals surface area contributed by atoms with Gasteiger partial charge in [0.05, 0.1) is 5.56 Å². The highest BCUT2D eigenvalue weighted by molar-refractivity contribution is 5.72. The molecule has 0 amide bonds. The van der Waals surface area contributed by atoms with Crippen molar-refractivity contribution in [3.05, 3.63) is 77.9 Å². The molecule has 1 aliphatic carbocycles. The van der Waals surface area contributed by atoms with E-state index in [1.165, 1.54) is 17.5 Å². The van der Waals surface area contributed by atoms with Crippen molar-refractivity contribution in [1.82, 2.24) is 20.2 Å². The number of nitrogens with one attached hydrogen (secondary N) is 2. The predicted octanol–water partition coefficient (Wildman–Crippen LogP) is 4.63. The summed E-state index contributed by atoms with van der Waals surface area (Å²) < 4.78 is 0. The van der Waals surface area contributed by atoms with Crippen LogP contribution >= 0.6 is 0 Å². The van der Waals surface area contributed by atoms with Crippen LogP contribution < -0.4 is 11.1 Å². The first-order chi connectivity index (χ1) is 13.6. The lowest BCUT2D eigenvalue weighted by atomic mass is 10.0. The Labute approximate surface area is 165 Å². The SMILES string of the molecule is C=Cc1c(N)nc(C2=CC=CC2)[nH]ncnc1NC(C)c1cccc(CC)c1. The lowest BCUT2D eigenvalue weighted by Crippen LogP contribution is -2.10. The average Bonchev–Trinajstić information content (AvgIpc) is 3.26. The van der Waals surface area contributed by atoms with Gasteiger partial charge in [0.1, 0.15) is 18.0 Å². The van der Waals surface area contributed by atoms with Crippen molar-refractivity contribution in [1.29, 1.82) is 0 Å². The Morgan fingerprint density at radius 2 is 2.25 bits per heavy atom. The maximum atomic E-state index is 6.29. The second-order valence-corrected chi connectivity index (χ2v) is 6.59. The largest absolute Gasteiger partial charge is 0.383 e. The van der Waals surface area contributed by atoms with Crippen LogP contribution in [0.3, 0.4) is 0 Å². The van der Waals surface area contributed by atoms with Crippen LogP contribution in [0.2, 0.25) is 0 Å². The molecule has 144 valence electrons. The van der Waals surface area contributed by atoms with Crippen molar-refractivity contribution in [3.8, 4) is 0 Å². The van der Waals surface area contributed by atoms with Gasteiger partial charge in [0, 0.05) is 11.6 Å². The van der Waals surface area contributed by atoms with Gasteiger partial charge in [-0.3, -0.25) is 5.10 Å². The highest BCUT2D eigenvalue weighted by Gasteiger charge is 2.12. The first-order valence-corrected chi connectivity index (χ1v) is 9.40. The van der Waals surface area contributed by atoms with E-state index in [-0.39, 0.29) is 6.04 Å². The van der Waals surface area contributed by atoms with E-state index in [1.807, 2.05) is 12.2 Å². The van der Waals surface area contributed by atoms with Crippen molar-refractivity contribution in [3.63, 3.8) is 0 Å². The van der Waals surface area contributed by atoms with Gasteiger partial charge in [0.2, 0.25) is 0 Å². The van der Waals surface area contributed by atoms with Crippen molar-refractivity contribution in [2.45, 2.75) is 32.7 Å². The molecule has 6 nitrogen and oxygen atoms in total. The Kier molecular flexibility index (Phi) is 6.22. The number of nitrogens with two attached hydrogens (primary N) is 1. The van der Waals surface area contributed by atoms with Crippen LogP contribution in [0.25, 0.3) is 11.6 Å². The molecular weight excluding hydrogens is 348 g/mol. The number of benzene rings is 1.